The van der Waals surface area contributed by atoms with E-state index in [1.807, 2.05) is 0 Å². The summed E-state index contributed by atoms with van der Waals surface area (Å²) >= 11 is 12.4. The van der Waals surface area contributed by atoms with Gasteiger partial charge in [-0.15, -0.1) is 0 Å². The highest BCUT2D eigenvalue weighted by molar-refractivity contribution is 6.37. The molecule has 0 fully saturated rings. The summed E-state index contributed by atoms with van der Waals surface area (Å²) in [6.07, 6.45) is -4.66. The van der Waals surface area contributed by atoms with Crippen LogP contribution in [0.25, 0.3) is 0 Å². The number of carbonyl (C=O) groups is 2. The molecule has 8 nitrogen and oxygen atoms in total. The SMILES string of the molecule is COC(=O)C1=C(Nc2cc(Cl)c(Oc3cccc(C(F)(F)F)n3)c(Cl)c2)C(=O)N(CCO)C1. The highest BCUT2D eigenvalue weighted by atomic mass is 35.5. The van der Waals surface area contributed by atoms with E-state index in [-0.39, 0.29) is 58.3 Å². The largest absolute Gasteiger partial charge is 0.466 e. The number of nitrogens with one attached hydrogen (secondary N) is 1. The molecule has 1 aliphatic rings. The van der Waals surface area contributed by atoms with Crippen LogP contribution >= 0.6 is 23.2 Å². The number of hydrogen-bond acceptors (Lipinski definition) is 7. The summed E-state index contributed by atoms with van der Waals surface area (Å²) < 4.78 is 48.7. The Hall–Kier alpha value is -3.02. The van der Waals surface area contributed by atoms with Gasteiger partial charge < -0.3 is 24.8 Å². The summed E-state index contributed by atoms with van der Waals surface area (Å²) in [4.78, 5) is 29.3. The molecule has 3 rings (SSSR count). The molecule has 2 N–H and O–H groups in total. The third-order valence-corrected chi connectivity index (χ3v) is 5.00. The number of β-amino-alcohol motifs (C(OH)–C–C–N with tert-alkyl or cyclic N) is 1. The maximum absolute atomic E-state index is 12.9. The normalized spacial score (nSPS) is 14.0. The number of esters is 1. The topological polar surface area (TPSA) is 101 Å². The number of halogens is 5. The minimum atomic E-state index is -4.66. The maximum atomic E-state index is 12.9. The third-order valence-electron chi connectivity index (χ3n) is 4.44. The van der Waals surface area contributed by atoms with Gasteiger partial charge in [0, 0.05) is 18.3 Å². The molecule has 0 saturated carbocycles. The van der Waals surface area contributed by atoms with Gasteiger partial charge in [0.05, 0.1) is 35.9 Å². The first-order chi connectivity index (χ1) is 15.5. The Morgan fingerprint density at radius 2 is 1.94 bits per heavy atom. The van der Waals surface area contributed by atoms with Gasteiger partial charge in [-0.3, -0.25) is 4.79 Å². The predicted molar refractivity (Wildman–Crippen MR) is 112 cm³/mol. The van der Waals surface area contributed by atoms with Crippen molar-refractivity contribution in [2.75, 3.05) is 32.1 Å². The minimum Gasteiger partial charge on any atom is -0.466 e. The van der Waals surface area contributed by atoms with Gasteiger partial charge in [-0.05, 0) is 18.2 Å². The zero-order valence-corrected chi connectivity index (χ0v) is 18.4. The van der Waals surface area contributed by atoms with E-state index < -0.39 is 23.7 Å². The van der Waals surface area contributed by atoms with E-state index in [0.29, 0.717) is 0 Å². The molecule has 0 bridgehead atoms. The molecule has 2 aromatic rings. The van der Waals surface area contributed by atoms with Gasteiger partial charge in [0.25, 0.3) is 5.91 Å². The molecule has 176 valence electrons. The monoisotopic (exact) mass is 505 g/mol. The third kappa shape index (κ3) is 5.49. The highest BCUT2D eigenvalue weighted by Crippen LogP contribution is 2.40. The van der Waals surface area contributed by atoms with Crippen molar-refractivity contribution in [3.63, 3.8) is 0 Å². The zero-order valence-electron chi connectivity index (χ0n) is 16.9. The maximum Gasteiger partial charge on any atom is 0.433 e. The second kappa shape index (κ2) is 9.86. The number of anilines is 1. The van der Waals surface area contributed by atoms with Gasteiger partial charge in [-0.25, -0.2) is 9.78 Å². The number of nitrogens with zero attached hydrogens (tertiary/aromatic N) is 2. The molecule has 0 saturated heterocycles. The van der Waals surface area contributed by atoms with Crippen molar-refractivity contribution in [3.8, 4) is 11.6 Å². The lowest BCUT2D eigenvalue weighted by atomic mass is 10.2. The Kier molecular flexibility index (Phi) is 7.35. The van der Waals surface area contributed by atoms with Gasteiger partial charge in [0.1, 0.15) is 11.4 Å². The Morgan fingerprint density at radius 1 is 1.27 bits per heavy atom. The fourth-order valence-corrected chi connectivity index (χ4v) is 3.52. The highest BCUT2D eigenvalue weighted by Gasteiger charge is 2.35. The van der Waals surface area contributed by atoms with Crippen molar-refractivity contribution in [1.29, 1.82) is 0 Å². The number of amides is 1. The van der Waals surface area contributed by atoms with Crippen LogP contribution in [0.15, 0.2) is 41.6 Å². The van der Waals surface area contributed by atoms with Crippen LogP contribution in [0.3, 0.4) is 0 Å². The smallest absolute Gasteiger partial charge is 0.433 e. The summed E-state index contributed by atoms with van der Waals surface area (Å²) in [6.45, 7) is -0.373. The average molecular weight is 506 g/mol. The van der Waals surface area contributed by atoms with E-state index in [0.717, 1.165) is 19.2 Å². The lowest BCUT2D eigenvalue weighted by Gasteiger charge is -2.16. The van der Waals surface area contributed by atoms with Crippen molar-refractivity contribution < 1.29 is 37.3 Å². The summed E-state index contributed by atoms with van der Waals surface area (Å²) in [5.74, 6) is -1.82. The van der Waals surface area contributed by atoms with Crippen LogP contribution in [-0.2, 0) is 20.5 Å². The Morgan fingerprint density at radius 3 is 2.52 bits per heavy atom. The Bertz CT molecular complexity index is 1100. The van der Waals surface area contributed by atoms with E-state index in [9.17, 15) is 22.8 Å². The number of rotatable bonds is 7. The van der Waals surface area contributed by atoms with Gasteiger partial charge in [0.2, 0.25) is 5.88 Å². The number of aliphatic hydroxyl groups is 1. The van der Waals surface area contributed by atoms with Gasteiger partial charge in [-0.2, -0.15) is 13.2 Å². The molecular weight excluding hydrogens is 490 g/mol. The molecule has 0 radical (unpaired) electrons. The molecule has 2 heterocycles. The number of ether oxygens (including phenoxy) is 2. The first kappa shape index (κ1) is 24.6. The zero-order chi connectivity index (χ0) is 24.3. The van der Waals surface area contributed by atoms with Crippen molar-refractivity contribution in [1.82, 2.24) is 9.88 Å². The van der Waals surface area contributed by atoms with Gasteiger partial charge in [-0.1, -0.05) is 29.3 Å². The first-order valence-corrected chi connectivity index (χ1v) is 10.0. The van der Waals surface area contributed by atoms with Crippen LogP contribution in [0, 0.1) is 0 Å². The van der Waals surface area contributed by atoms with Crippen molar-refractivity contribution in [2.45, 2.75) is 6.18 Å². The van der Waals surface area contributed by atoms with Crippen LogP contribution in [0.1, 0.15) is 5.69 Å². The van der Waals surface area contributed by atoms with Crippen molar-refractivity contribution in [2.24, 2.45) is 0 Å². The molecule has 0 aliphatic carbocycles. The van der Waals surface area contributed by atoms with E-state index in [1.165, 1.54) is 23.1 Å². The molecule has 0 unspecified atom stereocenters. The number of hydrogen-bond donors (Lipinski definition) is 2. The summed E-state index contributed by atoms with van der Waals surface area (Å²) in [5, 5.41) is 11.7. The van der Waals surface area contributed by atoms with E-state index in [2.05, 4.69) is 10.3 Å². The Balaban J connectivity index is 1.88. The van der Waals surface area contributed by atoms with Crippen LogP contribution in [0.4, 0.5) is 18.9 Å². The number of pyridine rings is 1. The fraction of sp³-hybridized carbons (Fsp3) is 0.250. The summed E-state index contributed by atoms with van der Waals surface area (Å²) in [7, 11) is 1.16. The van der Waals surface area contributed by atoms with Gasteiger partial charge in [0.15, 0.2) is 5.75 Å². The second-order valence-electron chi connectivity index (χ2n) is 6.65. The van der Waals surface area contributed by atoms with Crippen molar-refractivity contribution >= 4 is 40.8 Å². The molecule has 13 heteroatoms. The molecule has 33 heavy (non-hydrogen) atoms. The molecule has 1 aliphatic heterocycles. The number of aromatic nitrogens is 1. The molecule has 1 aromatic carbocycles. The summed E-state index contributed by atoms with van der Waals surface area (Å²) in [6, 6.07) is 5.72. The van der Waals surface area contributed by atoms with E-state index >= 15 is 0 Å². The van der Waals surface area contributed by atoms with Crippen LogP contribution < -0.4 is 10.1 Å². The molecule has 0 spiro atoms. The average Bonchev–Trinajstić information content (AvgIpc) is 3.05. The molecular formula is C20H16Cl2F3N3O5. The van der Waals surface area contributed by atoms with E-state index in [4.69, 9.17) is 37.8 Å². The standard InChI is InChI=1S/C20H16Cl2F3N3O5/c1-32-19(31)11-9-28(5-6-29)18(30)16(11)26-10-7-12(21)17(13(22)8-10)33-15-4-2-3-14(27-15)20(23,24)25/h2-4,7-8,26,29H,5-6,9H2,1H3. The first-order valence-electron chi connectivity index (χ1n) is 9.25. The predicted octanol–water partition coefficient (Wildman–Crippen LogP) is 3.87. The fourth-order valence-electron chi connectivity index (χ4n) is 2.96. The van der Waals surface area contributed by atoms with Gasteiger partial charge >= 0.3 is 12.1 Å². The summed E-state index contributed by atoms with van der Waals surface area (Å²) in [5.41, 5.74) is -1.00. The number of methoxy groups -OCH3 is 1. The number of alkyl halides is 3. The van der Waals surface area contributed by atoms with Crippen LogP contribution in [-0.4, -0.2) is 53.7 Å². The van der Waals surface area contributed by atoms with Crippen LogP contribution in [0.2, 0.25) is 10.0 Å². The number of benzene rings is 1. The lowest BCUT2D eigenvalue weighted by molar-refractivity contribution is -0.141. The molecule has 0 atom stereocenters. The minimum absolute atomic E-state index is 0.00277. The number of aliphatic hydroxyl groups excluding tert-OH is 1. The molecule has 1 amide bonds. The molecule has 1 aromatic heterocycles. The Labute approximate surface area is 195 Å². The quantitative estimate of drug-likeness (QED) is 0.550. The van der Waals surface area contributed by atoms with Crippen LogP contribution in [0.5, 0.6) is 11.6 Å². The van der Waals surface area contributed by atoms with Crippen molar-refractivity contribution in [3.05, 3.63) is 57.3 Å². The number of carbonyl (C=O) groups excluding carboxylic acids is 2. The van der Waals surface area contributed by atoms with E-state index in [1.54, 1.807) is 0 Å². The second-order valence-corrected chi connectivity index (χ2v) is 7.46. The lowest BCUT2D eigenvalue weighted by Crippen LogP contribution is -2.31.